The zero-order valence-corrected chi connectivity index (χ0v) is 16.0. The Kier molecular flexibility index (Phi) is 7.14. The Labute approximate surface area is 170 Å². The second-order valence-electron chi connectivity index (χ2n) is 6.58. The molecule has 2 amide bonds. The van der Waals surface area contributed by atoms with Gasteiger partial charge in [0.1, 0.15) is 6.61 Å². The first kappa shape index (κ1) is 20.3. The molecule has 0 aromatic heterocycles. The van der Waals surface area contributed by atoms with E-state index in [-0.39, 0.29) is 6.61 Å². The molecule has 0 saturated heterocycles. The Morgan fingerprint density at radius 2 is 1.34 bits per heavy atom. The minimum atomic E-state index is -0.873. The predicted molar refractivity (Wildman–Crippen MR) is 111 cm³/mol. The van der Waals surface area contributed by atoms with Crippen molar-refractivity contribution in [1.82, 2.24) is 4.90 Å². The predicted octanol–water partition coefficient (Wildman–Crippen LogP) is 3.93. The molecule has 0 unspecified atom stereocenters. The van der Waals surface area contributed by atoms with Gasteiger partial charge in [-0.3, -0.25) is 4.79 Å². The number of hydrogen-bond donors (Lipinski definition) is 1. The first-order valence-electron chi connectivity index (χ1n) is 9.36. The molecular weight excluding hydrogens is 364 g/mol. The smallest absolute Gasteiger partial charge is 0.417 e. The lowest BCUT2D eigenvalue weighted by Gasteiger charge is -2.23. The third kappa shape index (κ3) is 6.02. The fourth-order valence-corrected chi connectivity index (χ4v) is 2.82. The molecule has 1 radical (unpaired) electrons. The van der Waals surface area contributed by atoms with Gasteiger partial charge < -0.3 is 10.5 Å². The highest BCUT2D eigenvalue weighted by molar-refractivity contribution is 5.96. The number of ether oxygens (including phenoxy) is 1. The molecular formula is C24H23N2O3. The van der Waals surface area contributed by atoms with E-state index in [2.05, 4.69) is 0 Å². The monoisotopic (exact) mass is 387 g/mol. The molecule has 3 aromatic rings. The van der Waals surface area contributed by atoms with Crippen LogP contribution in [-0.2, 0) is 22.6 Å². The van der Waals surface area contributed by atoms with Crippen LogP contribution < -0.4 is 5.73 Å². The Bertz CT molecular complexity index is 915. The number of imide groups is 1. The summed E-state index contributed by atoms with van der Waals surface area (Å²) in [5.41, 5.74) is 8.59. The molecule has 0 bridgehead atoms. The van der Waals surface area contributed by atoms with Gasteiger partial charge in [-0.1, -0.05) is 91.0 Å². The van der Waals surface area contributed by atoms with E-state index in [1.807, 2.05) is 78.9 Å². The maximum Gasteiger partial charge on any atom is 0.417 e. The van der Waals surface area contributed by atoms with Crippen LogP contribution in [0.15, 0.2) is 91.0 Å². The molecule has 3 aromatic carbocycles. The molecule has 0 fully saturated rings. The molecule has 0 saturated carbocycles. The number of benzene rings is 3. The maximum absolute atomic E-state index is 13.0. The van der Waals surface area contributed by atoms with Crippen LogP contribution in [0, 0.1) is 6.54 Å². The van der Waals surface area contributed by atoms with E-state index in [0.717, 1.165) is 16.0 Å². The molecule has 0 heterocycles. The number of rotatable bonds is 7. The fourth-order valence-electron chi connectivity index (χ4n) is 2.82. The summed E-state index contributed by atoms with van der Waals surface area (Å²) < 4.78 is 5.36. The van der Waals surface area contributed by atoms with Crippen molar-refractivity contribution < 1.29 is 14.3 Å². The number of carbonyl (C=O) groups is 2. The molecule has 0 aliphatic carbocycles. The quantitative estimate of drug-likeness (QED) is 0.667. The average Bonchev–Trinajstić information content (AvgIpc) is 2.77. The van der Waals surface area contributed by atoms with Crippen LogP contribution in [0.2, 0.25) is 0 Å². The summed E-state index contributed by atoms with van der Waals surface area (Å²) in [5.74, 6) is -0.518. The minimum absolute atomic E-state index is 0.0695. The highest BCUT2D eigenvalue weighted by atomic mass is 16.6. The first-order valence-corrected chi connectivity index (χ1v) is 9.36. The normalized spacial score (nSPS) is 11.5. The lowest BCUT2D eigenvalue weighted by atomic mass is 10.1. The van der Waals surface area contributed by atoms with Crippen LogP contribution in [-0.4, -0.2) is 22.9 Å². The Hall–Kier alpha value is -3.44. The largest absolute Gasteiger partial charge is 0.444 e. The molecule has 5 nitrogen and oxygen atoms in total. The third-order valence-electron chi connectivity index (χ3n) is 4.33. The van der Waals surface area contributed by atoms with Crippen molar-refractivity contribution >= 4 is 12.0 Å². The Morgan fingerprint density at radius 3 is 1.93 bits per heavy atom. The van der Waals surface area contributed by atoms with Gasteiger partial charge in [0.15, 0.2) is 0 Å². The van der Waals surface area contributed by atoms with Gasteiger partial charge in [0.25, 0.3) is 0 Å². The van der Waals surface area contributed by atoms with Gasteiger partial charge in [-0.05, 0) is 23.1 Å². The summed E-state index contributed by atoms with van der Waals surface area (Å²) in [6.45, 7) is 1.53. The standard InChI is InChI=1S/C24H23N2O3/c25-22(16-19-10-4-1-5-11-19)23(27)26(17-20-12-6-2-7-13-20)24(28)29-18-21-14-8-3-9-15-21/h1-15,17,22H,16,18,25H2/t22-/m0/s1. The van der Waals surface area contributed by atoms with Crippen LogP contribution >= 0.6 is 0 Å². The fraction of sp³-hybridized carbons (Fsp3) is 0.125. The van der Waals surface area contributed by atoms with E-state index in [1.165, 1.54) is 6.54 Å². The van der Waals surface area contributed by atoms with Gasteiger partial charge in [0.2, 0.25) is 5.91 Å². The van der Waals surface area contributed by atoms with Gasteiger partial charge in [-0.25, -0.2) is 9.69 Å². The summed E-state index contributed by atoms with van der Waals surface area (Å²) in [7, 11) is 0. The van der Waals surface area contributed by atoms with Crippen molar-refractivity contribution in [3.05, 3.63) is 114 Å². The van der Waals surface area contributed by atoms with Crippen LogP contribution in [0.25, 0.3) is 0 Å². The molecule has 3 rings (SSSR count). The molecule has 0 spiro atoms. The number of nitrogens with two attached hydrogens (primary N) is 1. The number of amides is 2. The lowest BCUT2D eigenvalue weighted by molar-refractivity contribution is -0.129. The van der Waals surface area contributed by atoms with Crippen LogP contribution in [0.4, 0.5) is 4.79 Å². The highest BCUT2D eigenvalue weighted by Gasteiger charge is 2.28. The van der Waals surface area contributed by atoms with Gasteiger partial charge in [0.05, 0.1) is 12.6 Å². The van der Waals surface area contributed by atoms with Crippen molar-refractivity contribution in [2.75, 3.05) is 0 Å². The lowest BCUT2D eigenvalue weighted by Crippen LogP contribution is -2.46. The SMILES string of the molecule is N[C@@H](Cc1ccccc1)C(=O)N([CH]c1ccccc1)C(=O)OCc1ccccc1. The molecule has 1 atom stereocenters. The van der Waals surface area contributed by atoms with E-state index in [1.54, 1.807) is 12.1 Å². The summed E-state index contributed by atoms with van der Waals surface area (Å²) in [5, 5.41) is 0. The maximum atomic E-state index is 13.0. The van der Waals surface area contributed by atoms with E-state index in [9.17, 15) is 9.59 Å². The highest BCUT2D eigenvalue weighted by Crippen LogP contribution is 2.13. The zero-order chi connectivity index (χ0) is 20.5. The Balaban J connectivity index is 1.72. The molecule has 0 aliphatic heterocycles. The van der Waals surface area contributed by atoms with Crippen molar-refractivity contribution in [2.45, 2.75) is 19.1 Å². The molecule has 5 heteroatoms. The Morgan fingerprint density at radius 1 is 0.828 bits per heavy atom. The minimum Gasteiger partial charge on any atom is -0.444 e. The molecule has 0 aliphatic rings. The van der Waals surface area contributed by atoms with Crippen molar-refractivity contribution in [3.8, 4) is 0 Å². The van der Waals surface area contributed by atoms with E-state index < -0.39 is 18.0 Å². The number of carbonyl (C=O) groups excluding carboxylic acids is 2. The topological polar surface area (TPSA) is 72.6 Å². The number of nitrogens with zero attached hydrogens (tertiary/aromatic N) is 1. The van der Waals surface area contributed by atoms with Crippen molar-refractivity contribution in [3.63, 3.8) is 0 Å². The van der Waals surface area contributed by atoms with Crippen molar-refractivity contribution in [1.29, 1.82) is 0 Å². The average molecular weight is 387 g/mol. The van der Waals surface area contributed by atoms with Crippen LogP contribution in [0.1, 0.15) is 16.7 Å². The third-order valence-corrected chi connectivity index (χ3v) is 4.33. The zero-order valence-electron chi connectivity index (χ0n) is 16.0. The van der Waals surface area contributed by atoms with Gasteiger partial charge in [0, 0.05) is 0 Å². The summed E-state index contributed by atoms with van der Waals surface area (Å²) in [4.78, 5) is 26.7. The second kappa shape index (κ2) is 10.2. The molecule has 147 valence electrons. The van der Waals surface area contributed by atoms with Crippen LogP contribution in [0.3, 0.4) is 0 Å². The van der Waals surface area contributed by atoms with E-state index in [0.29, 0.717) is 12.0 Å². The number of hydrogen-bond acceptors (Lipinski definition) is 4. The summed E-state index contributed by atoms with van der Waals surface area (Å²) in [6.07, 6.45) is -0.434. The second-order valence-corrected chi connectivity index (χ2v) is 6.58. The van der Waals surface area contributed by atoms with E-state index >= 15 is 0 Å². The van der Waals surface area contributed by atoms with E-state index in [4.69, 9.17) is 10.5 Å². The summed E-state index contributed by atoms with van der Waals surface area (Å²) in [6, 6.07) is 27.0. The first-order chi connectivity index (χ1) is 14.1. The summed E-state index contributed by atoms with van der Waals surface area (Å²) >= 11 is 0. The molecule has 29 heavy (non-hydrogen) atoms. The molecule has 2 N–H and O–H groups in total. The van der Waals surface area contributed by atoms with Crippen LogP contribution in [0.5, 0.6) is 0 Å². The van der Waals surface area contributed by atoms with Gasteiger partial charge in [-0.15, -0.1) is 0 Å². The van der Waals surface area contributed by atoms with Gasteiger partial charge >= 0.3 is 6.09 Å². The van der Waals surface area contributed by atoms with Gasteiger partial charge in [-0.2, -0.15) is 0 Å². The van der Waals surface area contributed by atoms with Crippen molar-refractivity contribution in [2.24, 2.45) is 5.73 Å².